The van der Waals surface area contributed by atoms with E-state index in [1.165, 1.54) is 5.69 Å². The summed E-state index contributed by atoms with van der Waals surface area (Å²) in [5.41, 5.74) is 2.22. The van der Waals surface area contributed by atoms with E-state index < -0.39 is 10.0 Å². The average Bonchev–Trinajstić information content (AvgIpc) is 2.84. The number of amides is 1. The van der Waals surface area contributed by atoms with Crippen molar-refractivity contribution in [1.29, 1.82) is 0 Å². The molecule has 4 rings (SSSR count). The van der Waals surface area contributed by atoms with Crippen LogP contribution in [0.1, 0.15) is 44.1 Å². The van der Waals surface area contributed by atoms with Crippen molar-refractivity contribution in [3.05, 3.63) is 60.2 Å². The predicted octanol–water partition coefficient (Wildman–Crippen LogP) is 3.58. The molecule has 2 heterocycles. The van der Waals surface area contributed by atoms with Crippen LogP contribution in [0.2, 0.25) is 0 Å². The maximum atomic E-state index is 12.8. The van der Waals surface area contributed by atoms with Crippen LogP contribution in [0.4, 0.5) is 5.69 Å². The molecule has 2 aliphatic heterocycles. The molecule has 2 aliphatic rings. The van der Waals surface area contributed by atoms with Crippen LogP contribution in [0.25, 0.3) is 0 Å². The Balaban J connectivity index is 1.22. The first-order valence-electron chi connectivity index (χ1n) is 11.7. The molecule has 0 aromatic heterocycles. The summed E-state index contributed by atoms with van der Waals surface area (Å²) in [4.78, 5) is 15.1. The van der Waals surface area contributed by atoms with Gasteiger partial charge in [-0.05, 0) is 61.9 Å². The van der Waals surface area contributed by atoms with Gasteiger partial charge in [0, 0.05) is 44.3 Å². The van der Waals surface area contributed by atoms with E-state index in [4.69, 9.17) is 0 Å². The van der Waals surface area contributed by atoms with Crippen molar-refractivity contribution in [3.8, 4) is 0 Å². The minimum atomic E-state index is -3.40. The molecule has 172 valence electrons. The van der Waals surface area contributed by atoms with Gasteiger partial charge in [0.1, 0.15) is 0 Å². The number of hydrogen-bond donors (Lipinski definition) is 1. The molecule has 32 heavy (non-hydrogen) atoms. The van der Waals surface area contributed by atoms with Crippen LogP contribution in [0.3, 0.4) is 0 Å². The number of sulfonamides is 1. The van der Waals surface area contributed by atoms with Gasteiger partial charge < -0.3 is 10.2 Å². The highest BCUT2D eigenvalue weighted by Gasteiger charge is 2.26. The standard InChI is InChI=1S/C25H33N3O3S/c29-25(26-22-15-19-27(20-16-22)23-7-3-1-4-8-23)14-11-21-9-12-24(13-10-21)32(30,31)28-17-5-2-6-18-28/h1,3-4,7-10,12-13,22H,2,5-6,11,14-20H2,(H,26,29). The van der Waals surface area contributed by atoms with Crippen LogP contribution in [-0.4, -0.2) is 50.9 Å². The highest BCUT2D eigenvalue weighted by molar-refractivity contribution is 7.89. The Morgan fingerprint density at radius 2 is 1.53 bits per heavy atom. The van der Waals surface area contributed by atoms with E-state index in [0.29, 0.717) is 30.8 Å². The third-order valence-corrected chi connectivity index (χ3v) is 8.41. The van der Waals surface area contributed by atoms with E-state index in [9.17, 15) is 13.2 Å². The number of nitrogens with one attached hydrogen (secondary N) is 1. The summed E-state index contributed by atoms with van der Waals surface area (Å²) < 4.78 is 27.1. The minimum Gasteiger partial charge on any atom is -0.371 e. The van der Waals surface area contributed by atoms with Crippen molar-refractivity contribution < 1.29 is 13.2 Å². The molecule has 0 aliphatic carbocycles. The zero-order valence-electron chi connectivity index (χ0n) is 18.6. The van der Waals surface area contributed by atoms with Crippen molar-refractivity contribution in [2.75, 3.05) is 31.1 Å². The van der Waals surface area contributed by atoms with Gasteiger partial charge >= 0.3 is 0 Å². The Morgan fingerprint density at radius 1 is 0.875 bits per heavy atom. The normalized spacial score (nSPS) is 18.4. The highest BCUT2D eigenvalue weighted by atomic mass is 32.2. The second-order valence-electron chi connectivity index (χ2n) is 8.77. The van der Waals surface area contributed by atoms with Gasteiger partial charge in [-0.3, -0.25) is 4.79 Å². The summed E-state index contributed by atoms with van der Waals surface area (Å²) in [6, 6.07) is 17.6. The van der Waals surface area contributed by atoms with E-state index in [-0.39, 0.29) is 11.9 Å². The Hall–Kier alpha value is -2.38. The van der Waals surface area contributed by atoms with Gasteiger partial charge in [-0.15, -0.1) is 0 Å². The molecule has 0 unspecified atom stereocenters. The number of carbonyl (C=O) groups excluding carboxylic acids is 1. The van der Waals surface area contributed by atoms with Crippen molar-refractivity contribution in [2.24, 2.45) is 0 Å². The largest absolute Gasteiger partial charge is 0.371 e. The second kappa shape index (κ2) is 10.5. The Kier molecular flexibility index (Phi) is 7.48. The number of benzene rings is 2. The molecule has 7 heteroatoms. The number of rotatable bonds is 7. The molecule has 6 nitrogen and oxygen atoms in total. The molecule has 2 aromatic rings. The molecular formula is C25H33N3O3S. The summed E-state index contributed by atoms with van der Waals surface area (Å²) in [5.74, 6) is 0.0631. The monoisotopic (exact) mass is 455 g/mol. The van der Waals surface area contributed by atoms with Gasteiger partial charge in [-0.1, -0.05) is 36.8 Å². The van der Waals surface area contributed by atoms with Crippen LogP contribution in [0, 0.1) is 0 Å². The Bertz CT molecular complexity index is 979. The fourth-order valence-electron chi connectivity index (χ4n) is 4.56. The fourth-order valence-corrected chi connectivity index (χ4v) is 6.08. The molecule has 2 fully saturated rings. The van der Waals surface area contributed by atoms with Crippen LogP contribution < -0.4 is 10.2 Å². The summed E-state index contributed by atoms with van der Waals surface area (Å²) in [5, 5.41) is 3.17. The smallest absolute Gasteiger partial charge is 0.243 e. The summed E-state index contributed by atoms with van der Waals surface area (Å²) in [6.07, 6.45) is 5.87. The maximum absolute atomic E-state index is 12.8. The molecule has 1 N–H and O–H groups in total. The number of nitrogens with zero attached hydrogens (tertiary/aromatic N) is 2. The zero-order valence-corrected chi connectivity index (χ0v) is 19.4. The first-order chi connectivity index (χ1) is 15.5. The Labute approximate surface area is 191 Å². The van der Waals surface area contributed by atoms with E-state index in [1.54, 1.807) is 16.4 Å². The lowest BCUT2D eigenvalue weighted by Gasteiger charge is -2.34. The fraction of sp³-hybridized carbons (Fsp3) is 0.480. The Morgan fingerprint density at radius 3 is 2.19 bits per heavy atom. The minimum absolute atomic E-state index is 0.0631. The quantitative estimate of drug-likeness (QED) is 0.693. The molecule has 2 aromatic carbocycles. The lowest BCUT2D eigenvalue weighted by molar-refractivity contribution is -0.121. The topological polar surface area (TPSA) is 69.7 Å². The van der Waals surface area contributed by atoms with Gasteiger partial charge in [0.15, 0.2) is 0 Å². The van der Waals surface area contributed by atoms with Crippen molar-refractivity contribution in [1.82, 2.24) is 9.62 Å². The van der Waals surface area contributed by atoms with Crippen LogP contribution >= 0.6 is 0 Å². The van der Waals surface area contributed by atoms with Crippen LogP contribution in [0.5, 0.6) is 0 Å². The van der Waals surface area contributed by atoms with E-state index in [1.807, 2.05) is 18.2 Å². The first kappa shape index (κ1) is 22.8. The molecule has 0 atom stereocenters. The molecule has 0 radical (unpaired) electrons. The number of piperidine rings is 2. The van der Waals surface area contributed by atoms with E-state index >= 15 is 0 Å². The molecule has 0 spiro atoms. The molecular weight excluding hydrogens is 422 g/mol. The highest BCUT2D eigenvalue weighted by Crippen LogP contribution is 2.22. The summed E-state index contributed by atoms with van der Waals surface area (Å²) in [6.45, 7) is 3.10. The SMILES string of the molecule is O=C(CCc1ccc(S(=O)(=O)N2CCCCC2)cc1)NC1CCN(c2ccccc2)CC1. The van der Waals surface area contributed by atoms with E-state index in [0.717, 1.165) is 50.8 Å². The van der Waals surface area contributed by atoms with Gasteiger partial charge in [0.05, 0.1) is 4.90 Å². The number of carbonyl (C=O) groups is 1. The number of aryl methyl sites for hydroxylation is 1. The van der Waals surface area contributed by atoms with Gasteiger partial charge in [0.25, 0.3) is 0 Å². The zero-order chi connectivity index (χ0) is 22.4. The number of para-hydroxylation sites is 1. The number of anilines is 1. The third kappa shape index (κ3) is 5.70. The van der Waals surface area contributed by atoms with Gasteiger partial charge in [-0.2, -0.15) is 4.31 Å². The average molecular weight is 456 g/mol. The lowest BCUT2D eigenvalue weighted by atomic mass is 10.0. The van der Waals surface area contributed by atoms with Crippen molar-refractivity contribution >= 4 is 21.6 Å². The first-order valence-corrected chi connectivity index (χ1v) is 13.1. The van der Waals surface area contributed by atoms with Crippen LogP contribution in [-0.2, 0) is 21.2 Å². The molecule has 2 saturated heterocycles. The lowest BCUT2D eigenvalue weighted by Crippen LogP contribution is -2.44. The maximum Gasteiger partial charge on any atom is 0.243 e. The van der Waals surface area contributed by atoms with Crippen molar-refractivity contribution in [2.45, 2.75) is 55.9 Å². The number of hydrogen-bond acceptors (Lipinski definition) is 4. The van der Waals surface area contributed by atoms with Crippen LogP contribution in [0.15, 0.2) is 59.5 Å². The second-order valence-corrected chi connectivity index (χ2v) is 10.7. The van der Waals surface area contributed by atoms with Crippen molar-refractivity contribution in [3.63, 3.8) is 0 Å². The summed E-state index contributed by atoms with van der Waals surface area (Å²) in [7, 11) is -3.40. The predicted molar refractivity (Wildman–Crippen MR) is 127 cm³/mol. The third-order valence-electron chi connectivity index (χ3n) is 6.50. The molecule has 0 saturated carbocycles. The van der Waals surface area contributed by atoms with Gasteiger partial charge in [-0.25, -0.2) is 8.42 Å². The molecule has 0 bridgehead atoms. The van der Waals surface area contributed by atoms with Gasteiger partial charge in [0.2, 0.25) is 15.9 Å². The van der Waals surface area contributed by atoms with E-state index in [2.05, 4.69) is 34.5 Å². The molecule has 1 amide bonds. The summed E-state index contributed by atoms with van der Waals surface area (Å²) >= 11 is 0.